The van der Waals surface area contributed by atoms with Crippen LogP contribution in [0.25, 0.3) is 16.9 Å². The summed E-state index contributed by atoms with van der Waals surface area (Å²) < 4.78 is 29.3. The third-order valence-corrected chi connectivity index (χ3v) is 8.18. The van der Waals surface area contributed by atoms with Crippen LogP contribution in [-0.2, 0) is 10.0 Å². The van der Waals surface area contributed by atoms with E-state index in [0.717, 1.165) is 29.1 Å². The highest BCUT2D eigenvalue weighted by atomic mass is 35.5. The first-order chi connectivity index (χ1) is 15.3. The van der Waals surface area contributed by atoms with Crippen LogP contribution in [0.2, 0.25) is 9.36 Å². The zero-order valence-corrected chi connectivity index (χ0v) is 19.9. The summed E-state index contributed by atoms with van der Waals surface area (Å²) in [6.07, 6.45) is 2.93. The van der Waals surface area contributed by atoms with Gasteiger partial charge in [-0.15, -0.1) is 11.3 Å². The van der Waals surface area contributed by atoms with Crippen molar-refractivity contribution in [2.24, 2.45) is 0 Å². The van der Waals surface area contributed by atoms with Crippen LogP contribution in [0.4, 0.5) is 5.82 Å². The first kappa shape index (κ1) is 23.1. The van der Waals surface area contributed by atoms with Crippen LogP contribution < -0.4 is 15.5 Å². The highest BCUT2D eigenvalue weighted by molar-refractivity contribution is 7.91. The quantitative estimate of drug-likeness (QED) is 0.267. The van der Waals surface area contributed by atoms with Crippen molar-refractivity contribution in [2.45, 2.75) is 17.1 Å². The second kappa shape index (κ2) is 9.80. The van der Waals surface area contributed by atoms with Gasteiger partial charge in [0.05, 0.1) is 10.0 Å². The third kappa shape index (κ3) is 5.10. The predicted molar refractivity (Wildman–Crippen MR) is 131 cm³/mol. The van der Waals surface area contributed by atoms with Crippen molar-refractivity contribution < 1.29 is 8.42 Å². The lowest BCUT2D eigenvalue weighted by Crippen LogP contribution is -2.24. The molecule has 4 rings (SSSR count). The van der Waals surface area contributed by atoms with E-state index in [1.54, 1.807) is 22.8 Å². The number of nitrogens with zero attached hydrogens (tertiary/aromatic N) is 3. The van der Waals surface area contributed by atoms with Crippen LogP contribution in [0, 0.1) is 0 Å². The van der Waals surface area contributed by atoms with Crippen molar-refractivity contribution >= 4 is 69.3 Å². The SMILES string of the molecule is [B]c1cnn2c(NCCCCNS(=O)(=O)c3ccc(Cl)s3)cc(-c3ccccc3Cl)nc12. The van der Waals surface area contributed by atoms with E-state index < -0.39 is 10.0 Å². The Morgan fingerprint density at radius 1 is 1.09 bits per heavy atom. The number of rotatable bonds is 9. The van der Waals surface area contributed by atoms with Gasteiger partial charge in [0.2, 0.25) is 10.0 Å². The van der Waals surface area contributed by atoms with Gasteiger partial charge in [-0.3, -0.25) is 0 Å². The molecular formula is C20H18BCl2N5O2S2. The van der Waals surface area contributed by atoms with Crippen LogP contribution in [0.5, 0.6) is 0 Å². The molecule has 0 amide bonds. The zero-order valence-electron chi connectivity index (χ0n) is 16.8. The first-order valence-electron chi connectivity index (χ1n) is 9.73. The van der Waals surface area contributed by atoms with Gasteiger partial charge >= 0.3 is 0 Å². The van der Waals surface area contributed by atoms with E-state index in [0.29, 0.717) is 45.7 Å². The monoisotopic (exact) mass is 505 g/mol. The smallest absolute Gasteiger partial charge is 0.250 e. The van der Waals surface area contributed by atoms with Crippen molar-refractivity contribution in [3.8, 4) is 11.3 Å². The minimum atomic E-state index is -3.53. The number of benzene rings is 1. The lowest BCUT2D eigenvalue weighted by Gasteiger charge is -2.12. The summed E-state index contributed by atoms with van der Waals surface area (Å²) in [4.78, 5) is 4.61. The predicted octanol–water partition coefficient (Wildman–Crippen LogP) is 3.73. The Morgan fingerprint density at radius 2 is 1.88 bits per heavy atom. The Morgan fingerprint density at radius 3 is 2.62 bits per heavy atom. The molecule has 0 aliphatic rings. The van der Waals surface area contributed by atoms with Gasteiger partial charge < -0.3 is 5.32 Å². The van der Waals surface area contributed by atoms with E-state index in [1.165, 1.54) is 6.07 Å². The number of hydrogen-bond donors (Lipinski definition) is 2. The number of halogens is 2. The fourth-order valence-corrected chi connectivity index (χ4v) is 5.93. The minimum Gasteiger partial charge on any atom is -0.370 e. The largest absolute Gasteiger partial charge is 0.370 e. The van der Waals surface area contributed by atoms with Crippen molar-refractivity contribution in [3.63, 3.8) is 0 Å². The van der Waals surface area contributed by atoms with E-state index in [2.05, 4.69) is 20.1 Å². The molecule has 0 bridgehead atoms. The molecule has 0 saturated heterocycles. The molecule has 2 radical (unpaired) electrons. The van der Waals surface area contributed by atoms with Crippen molar-refractivity contribution in [2.75, 3.05) is 18.4 Å². The number of aromatic nitrogens is 3. The number of unbranched alkanes of at least 4 members (excludes halogenated alkanes) is 1. The molecular weight excluding hydrogens is 488 g/mol. The molecule has 0 saturated carbocycles. The second-order valence-electron chi connectivity index (χ2n) is 6.93. The van der Waals surface area contributed by atoms with Gasteiger partial charge in [-0.05, 0) is 36.5 Å². The topological polar surface area (TPSA) is 88.4 Å². The Bertz CT molecular complexity index is 1360. The van der Waals surface area contributed by atoms with E-state index in [4.69, 9.17) is 31.0 Å². The van der Waals surface area contributed by atoms with Crippen LogP contribution in [0.1, 0.15) is 12.8 Å². The lowest BCUT2D eigenvalue weighted by atomic mass is 10.0. The summed E-state index contributed by atoms with van der Waals surface area (Å²) in [6.45, 7) is 0.929. The third-order valence-electron chi connectivity index (χ3n) is 4.66. The lowest BCUT2D eigenvalue weighted by molar-refractivity contribution is 0.579. The van der Waals surface area contributed by atoms with E-state index >= 15 is 0 Å². The van der Waals surface area contributed by atoms with Crippen LogP contribution in [0.15, 0.2) is 52.9 Å². The maximum Gasteiger partial charge on any atom is 0.250 e. The maximum atomic E-state index is 12.2. The van der Waals surface area contributed by atoms with Gasteiger partial charge in [0.15, 0.2) is 5.65 Å². The fourth-order valence-electron chi connectivity index (χ4n) is 3.10. The first-order valence-corrected chi connectivity index (χ1v) is 12.8. The molecule has 32 heavy (non-hydrogen) atoms. The molecule has 12 heteroatoms. The number of nitrogens with one attached hydrogen (secondary N) is 2. The molecule has 0 fully saturated rings. The van der Waals surface area contributed by atoms with Gasteiger partial charge in [0.1, 0.15) is 17.9 Å². The summed E-state index contributed by atoms with van der Waals surface area (Å²) in [6, 6.07) is 12.4. The Balaban J connectivity index is 1.40. The van der Waals surface area contributed by atoms with Crippen LogP contribution in [0.3, 0.4) is 0 Å². The molecule has 7 nitrogen and oxygen atoms in total. The van der Waals surface area contributed by atoms with Gasteiger partial charge in [-0.1, -0.05) is 41.4 Å². The number of anilines is 1. The number of fused-ring (bicyclic) bond motifs is 1. The van der Waals surface area contributed by atoms with Crippen LogP contribution >= 0.6 is 34.5 Å². The summed E-state index contributed by atoms with van der Waals surface area (Å²) in [5.41, 5.74) is 2.47. The van der Waals surface area contributed by atoms with Gasteiger partial charge in [0.25, 0.3) is 0 Å². The van der Waals surface area contributed by atoms with E-state index in [1.807, 2.05) is 24.3 Å². The summed E-state index contributed by atoms with van der Waals surface area (Å²) in [5, 5.41) is 8.21. The van der Waals surface area contributed by atoms with E-state index in [-0.39, 0.29) is 4.21 Å². The van der Waals surface area contributed by atoms with Gasteiger partial charge in [-0.25, -0.2) is 18.1 Å². The molecule has 2 N–H and O–H groups in total. The maximum absolute atomic E-state index is 12.2. The van der Waals surface area contributed by atoms with Gasteiger partial charge in [-0.2, -0.15) is 9.61 Å². The van der Waals surface area contributed by atoms with Crippen molar-refractivity contribution in [1.29, 1.82) is 0 Å². The fraction of sp³-hybridized carbons (Fsp3) is 0.200. The normalized spacial score (nSPS) is 11.8. The molecule has 3 heterocycles. The summed E-state index contributed by atoms with van der Waals surface area (Å²) >= 11 is 13.2. The average Bonchev–Trinajstić information content (AvgIpc) is 3.37. The molecule has 0 aliphatic carbocycles. The van der Waals surface area contributed by atoms with Crippen molar-refractivity contribution in [1.82, 2.24) is 19.3 Å². The molecule has 0 aliphatic heterocycles. The average molecular weight is 506 g/mol. The molecule has 164 valence electrons. The summed E-state index contributed by atoms with van der Waals surface area (Å²) in [7, 11) is 2.51. The Hall–Kier alpha value is -2.11. The molecule has 4 aromatic rings. The molecule has 0 unspecified atom stereocenters. The highest BCUT2D eigenvalue weighted by Crippen LogP contribution is 2.28. The van der Waals surface area contributed by atoms with Crippen molar-refractivity contribution in [3.05, 3.63) is 58.0 Å². The van der Waals surface area contributed by atoms with Gasteiger partial charge in [0, 0.05) is 35.9 Å². The zero-order chi connectivity index (χ0) is 22.7. The molecule has 0 atom stereocenters. The number of thiophene rings is 1. The van der Waals surface area contributed by atoms with E-state index in [9.17, 15) is 8.42 Å². The Kier molecular flexibility index (Phi) is 7.07. The standard InChI is InChI=1S/C20H18BCl2N5O2S2/c21-14-12-25-28-18(11-16(27-20(14)28)13-5-1-2-6-15(13)22)24-9-3-4-10-26-32(29,30)19-8-7-17(23)31-19/h1-2,5-8,11-12,24,26H,3-4,9-10H2. The summed E-state index contributed by atoms with van der Waals surface area (Å²) in [5.74, 6) is 0.718. The highest BCUT2D eigenvalue weighted by Gasteiger charge is 2.16. The molecule has 1 aromatic carbocycles. The minimum absolute atomic E-state index is 0.211. The number of sulfonamides is 1. The second-order valence-corrected chi connectivity index (χ2v) is 11.0. The Labute approximate surface area is 201 Å². The molecule has 0 spiro atoms. The molecule has 3 aromatic heterocycles. The van der Waals surface area contributed by atoms with Crippen LogP contribution in [-0.4, -0.2) is 44.0 Å². The number of hydrogen-bond acceptors (Lipinski definition) is 6.